The number of aliphatic carboxylic acids is 1. The number of anilines is 2. The second-order valence-electron chi connectivity index (χ2n) is 10.4. The van der Waals surface area contributed by atoms with E-state index in [4.69, 9.17) is 0 Å². The van der Waals surface area contributed by atoms with Crippen molar-refractivity contribution in [2.75, 3.05) is 10.6 Å². The van der Waals surface area contributed by atoms with E-state index in [2.05, 4.69) is 16.0 Å². The van der Waals surface area contributed by atoms with Gasteiger partial charge in [-0.2, -0.15) is 0 Å². The molecule has 0 heterocycles. The van der Waals surface area contributed by atoms with Gasteiger partial charge in [-0.1, -0.05) is 80.8 Å². The van der Waals surface area contributed by atoms with E-state index in [-0.39, 0.29) is 5.56 Å². The van der Waals surface area contributed by atoms with Crippen molar-refractivity contribution < 1.29 is 19.5 Å². The van der Waals surface area contributed by atoms with Crippen LogP contribution in [-0.4, -0.2) is 29.1 Å². The zero-order chi connectivity index (χ0) is 27.3. The van der Waals surface area contributed by atoms with Crippen LogP contribution in [0.3, 0.4) is 0 Å². The van der Waals surface area contributed by atoms with Gasteiger partial charge in [0.25, 0.3) is 5.91 Å². The van der Waals surface area contributed by atoms with Gasteiger partial charge in [-0.3, -0.25) is 4.79 Å². The standard InChI is InChI=1S/C31H35N3O4/c1-20-11-10-12-21(2)26(20)33-30(38)32-25-19-23(22-13-6-4-7-14-22)15-16-24(25)28(35)34-27(29(36)37)31(3)17-8-5-9-18-31/h4,6-7,10-16,19,27H,5,8-9,17-18H2,1-3H3,(H,34,35)(H,36,37)(H2,32,33,38)/t27-/m1/s1. The minimum absolute atomic E-state index is 0.201. The van der Waals surface area contributed by atoms with Crippen LogP contribution in [0, 0.1) is 19.3 Å². The van der Waals surface area contributed by atoms with Crippen molar-refractivity contribution in [1.29, 1.82) is 0 Å². The summed E-state index contributed by atoms with van der Waals surface area (Å²) in [5.74, 6) is -1.59. The summed E-state index contributed by atoms with van der Waals surface area (Å²) in [6.45, 7) is 5.76. The van der Waals surface area contributed by atoms with E-state index in [0.29, 0.717) is 11.4 Å². The molecule has 0 aliphatic heterocycles. The summed E-state index contributed by atoms with van der Waals surface area (Å²) in [5, 5.41) is 18.5. The van der Waals surface area contributed by atoms with Crippen molar-refractivity contribution in [3.63, 3.8) is 0 Å². The first-order valence-corrected chi connectivity index (χ1v) is 13.1. The molecular weight excluding hydrogens is 478 g/mol. The number of aryl methyl sites for hydroxylation is 2. The van der Waals surface area contributed by atoms with Crippen molar-refractivity contribution in [3.8, 4) is 11.1 Å². The normalized spacial score (nSPS) is 15.2. The lowest BCUT2D eigenvalue weighted by molar-refractivity contribution is -0.143. The van der Waals surface area contributed by atoms with Crippen LogP contribution in [0.15, 0.2) is 66.7 Å². The van der Waals surface area contributed by atoms with E-state index < -0.39 is 29.4 Å². The third-order valence-corrected chi connectivity index (χ3v) is 7.55. The lowest BCUT2D eigenvalue weighted by Gasteiger charge is -2.38. The van der Waals surface area contributed by atoms with Crippen LogP contribution in [-0.2, 0) is 4.79 Å². The monoisotopic (exact) mass is 513 g/mol. The minimum atomic E-state index is -1.05. The topological polar surface area (TPSA) is 108 Å². The first-order chi connectivity index (χ1) is 18.2. The molecule has 1 fully saturated rings. The Kier molecular flexibility index (Phi) is 8.15. The number of para-hydroxylation sites is 1. The molecule has 4 rings (SSSR count). The van der Waals surface area contributed by atoms with Gasteiger partial charge < -0.3 is 21.1 Å². The fraction of sp³-hybridized carbons (Fsp3) is 0.323. The van der Waals surface area contributed by atoms with Gasteiger partial charge in [0, 0.05) is 5.69 Å². The quantitative estimate of drug-likeness (QED) is 0.280. The minimum Gasteiger partial charge on any atom is -0.480 e. The summed E-state index contributed by atoms with van der Waals surface area (Å²) in [6.07, 6.45) is 4.42. The molecular formula is C31H35N3O4. The molecule has 0 unspecified atom stereocenters. The van der Waals surface area contributed by atoms with E-state index in [9.17, 15) is 19.5 Å². The zero-order valence-corrected chi connectivity index (χ0v) is 22.1. The van der Waals surface area contributed by atoms with Crippen molar-refractivity contribution in [1.82, 2.24) is 5.32 Å². The maximum Gasteiger partial charge on any atom is 0.326 e. The summed E-state index contributed by atoms with van der Waals surface area (Å²) in [4.78, 5) is 38.8. The van der Waals surface area contributed by atoms with Crippen molar-refractivity contribution in [3.05, 3.63) is 83.4 Å². The Morgan fingerprint density at radius 1 is 0.816 bits per heavy atom. The van der Waals surface area contributed by atoms with Gasteiger partial charge in [0.2, 0.25) is 0 Å². The molecule has 0 bridgehead atoms. The molecule has 1 atom stereocenters. The Labute approximate surface area is 223 Å². The zero-order valence-electron chi connectivity index (χ0n) is 22.1. The Morgan fingerprint density at radius 2 is 1.47 bits per heavy atom. The van der Waals surface area contributed by atoms with Crippen LogP contribution in [0.1, 0.15) is 60.5 Å². The van der Waals surface area contributed by atoms with E-state index in [1.54, 1.807) is 18.2 Å². The molecule has 3 aromatic rings. The average Bonchev–Trinajstić information content (AvgIpc) is 2.90. The number of carbonyl (C=O) groups excluding carboxylic acids is 2. The molecule has 4 N–H and O–H groups in total. The van der Waals surface area contributed by atoms with Gasteiger partial charge in [0.1, 0.15) is 6.04 Å². The lowest BCUT2D eigenvalue weighted by atomic mass is 9.70. The summed E-state index contributed by atoms with van der Waals surface area (Å²) >= 11 is 0. The molecule has 3 aromatic carbocycles. The molecule has 1 aliphatic rings. The Morgan fingerprint density at radius 3 is 2.11 bits per heavy atom. The van der Waals surface area contributed by atoms with Crippen LogP contribution in [0.4, 0.5) is 16.2 Å². The highest BCUT2D eigenvalue weighted by Gasteiger charge is 2.41. The number of hydrogen-bond donors (Lipinski definition) is 4. The van der Waals surface area contributed by atoms with E-state index in [0.717, 1.165) is 54.4 Å². The van der Waals surface area contributed by atoms with Crippen LogP contribution < -0.4 is 16.0 Å². The second-order valence-corrected chi connectivity index (χ2v) is 10.4. The Hall–Kier alpha value is -4.13. The van der Waals surface area contributed by atoms with Gasteiger partial charge in [0.05, 0.1) is 11.3 Å². The molecule has 0 radical (unpaired) electrons. The number of rotatable bonds is 7. The SMILES string of the molecule is Cc1cccc(C)c1NC(=O)Nc1cc(-c2ccccc2)ccc1C(=O)N[C@H](C(=O)O)C1(C)CCCCC1. The van der Waals surface area contributed by atoms with Gasteiger partial charge in [0.15, 0.2) is 0 Å². The molecule has 198 valence electrons. The second kappa shape index (κ2) is 11.5. The Balaban J connectivity index is 1.65. The van der Waals surface area contributed by atoms with Gasteiger partial charge in [-0.25, -0.2) is 9.59 Å². The maximum atomic E-state index is 13.5. The van der Waals surface area contributed by atoms with E-state index in [1.807, 2.05) is 69.3 Å². The van der Waals surface area contributed by atoms with E-state index in [1.165, 1.54) is 0 Å². The smallest absolute Gasteiger partial charge is 0.326 e. The number of urea groups is 1. The predicted octanol–water partition coefficient (Wildman–Crippen LogP) is 6.77. The number of nitrogens with one attached hydrogen (secondary N) is 3. The van der Waals surface area contributed by atoms with Crippen molar-refractivity contribution >= 4 is 29.3 Å². The molecule has 1 saturated carbocycles. The molecule has 1 aliphatic carbocycles. The molecule has 0 spiro atoms. The maximum absolute atomic E-state index is 13.5. The summed E-state index contributed by atoms with van der Waals surface area (Å²) in [6, 6.07) is 19.0. The number of carboxylic acids is 1. The first-order valence-electron chi connectivity index (χ1n) is 13.1. The fourth-order valence-electron chi connectivity index (χ4n) is 5.33. The number of benzene rings is 3. The summed E-state index contributed by atoms with van der Waals surface area (Å²) < 4.78 is 0. The highest BCUT2D eigenvalue weighted by Crippen LogP contribution is 2.39. The molecule has 0 saturated heterocycles. The third kappa shape index (κ3) is 6.05. The molecule has 7 nitrogen and oxygen atoms in total. The third-order valence-electron chi connectivity index (χ3n) is 7.55. The highest BCUT2D eigenvalue weighted by atomic mass is 16.4. The lowest BCUT2D eigenvalue weighted by Crippen LogP contribution is -2.52. The van der Waals surface area contributed by atoms with Gasteiger partial charge >= 0.3 is 12.0 Å². The molecule has 0 aromatic heterocycles. The largest absolute Gasteiger partial charge is 0.480 e. The van der Waals surface area contributed by atoms with E-state index >= 15 is 0 Å². The van der Waals surface area contributed by atoms with Gasteiger partial charge in [-0.05, 0) is 66.5 Å². The van der Waals surface area contributed by atoms with Crippen LogP contribution >= 0.6 is 0 Å². The van der Waals surface area contributed by atoms with Crippen LogP contribution in [0.5, 0.6) is 0 Å². The van der Waals surface area contributed by atoms with Crippen LogP contribution in [0.2, 0.25) is 0 Å². The summed E-state index contributed by atoms with van der Waals surface area (Å²) in [5.41, 5.74) is 4.25. The molecule has 38 heavy (non-hydrogen) atoms. The predicted molar refractivity (Wildman–Crippen MR) is 151 cm³/mol. The molecule has 3 amide bonds. The summed E-state index contributed by atoms with van der Waals surface area (Å²) in [7, 11) is 0. The number of hydrogen-bond acceptors (Lipinski definition) is 3. The highest BCUT2D eigenvalue weighted by molar-refractivity contribution is 6.08. The van der Waals surface area contributed by atoms with Crippen LogP contribution in [0.25, 0.3) is 11.1 Å². The average molecular weight is 514 g/mol. The van der Waals surface area contributed by atoms with Crippen molar-refractivity contribution in [2.45, 2.75) is 58.9 Å². The number of carbonyl (C=O) groups is 3. The number of amides is 3. The first kappa shape index (κ1) is 26.9. The van der Waals surface area contributed by atoms with Gasteiger partial charge in [-0.15, -0.1) is 0 Å². The number of carboxylic acid groups (broad SMARTS) is 1. The Bertz CT molecular complexity index is 1310. The fourth-order valence-corrected chi connectivity index (χ4v) is 5.33. The molecule has 7 heteroatoms. The van der Waals surface area contributed by atoms with Crippen molar-refractivity contribution in [2.24, 2.45) is 5.41 Å².